The first-order chi connectivity index (χ1) is 18.8. The van der Waals surface area contributed by atoms with Gasteiger partial charge in [-0.05, 0) is 62.9 Å². The summed E-state index contributed by atoms with van der Waals surface area (Å²) in [6, 6.07) is 11.6. The SMILES string of the molecule is C=C(C)CCC(=O)OCN1C(=O)CCc2ccc(OCCCCN3CCN(c4cccc(Cl)c4Cl)CC3)cc21. The van der Waals surface area contributed by atoms with Crippen LogP contribution in [0.1, 0.15) is 44.6 Å². The van der Waals surface area contributed by atoms with Crippen LogP contribution >= 0.6 is 23.2 Å². The minimum Gasteiger partial charge on any atom is -0.494 e. The number of esters is 1. The van der Waals surface area contributed by atoms with Crippen LogP contribution in [0.2, 0.25) is 10.0 Å². The molecule has 210 valence electrons. The van der Waals surface area contributed by atoms with E-state index < -0.39 is 0 Å². The molecule has 2 aliphatic heterocycles. The highest BCUT2D eigenvalue weighted by atomic mass is 35.5. The predicted molar refractivity (Wildman–Crippen MR) is 157 cm³/mol. The van der Waals surface area contributed by atoms with Gasteiger partial charge in [-0.15, -0.1) is 6.58 Å². The Morgan fingerprint density at radius 3 is 2.56 bits per heavy atom. The number of hydrogen-bond acceptors (Lipinski definition) is 6. The highest BCUT2D eigenvalue weighted by Crippen LogP contribution is 2.33. The molecule has 1 fully saturated rings. The number of unbranched alkanes of at least 4 members (excludes halogenated alkanes) is 1. The second-order valence-electron chi connectivity index (χ2n) is 10.2. The molecule has 0 bridgehead atoms. The first-order valence-electron chi connectivity index (χ1n) is 13.6. The van der Waals surface area contributed by atoms with Crippen molar-refractivity contribution in [3.8, 4) is 5.75 Å². The number of anilines is 2. The Labute approximate surface area is 241 Å². The third-order valence-corrected chi connectivity index (χ3v) is 7.96. The van der Waals surface area contributed by atoms with Crippen molar-refractivity contribution in [3.05, 3.63) is 64.2 Å². The zero-order valence-electron chi connectivity index (χ0n) is 22.6. The summed E-state index contributed by atoms with van der Waals surface area (Å²) < 4.78 is 11.4. The zero-order chi connectivity index (χ0) is 27.8. The number of hydrogen-bond donors (Lipinski definition) is 0. The number of amides is 1. The number of halogens is 2. The summed E-state index contributed by atoms with van der Waals surface area (Å²) in [7, 11) is 0. The normalized spacial score (nSPS) is 15.7. The maximum absolute atomic E-state index is 12.6. The van der Waals surface area contributed by atoms with Gasteiger partial charge in [0.15, 0.2) is 6.73 Å². The standard InChI is InChI=1S/C30H37Cl2N3O4/c1-22(2)8-13-29(37)39-21-35-27-20-24(11-9-23(27)10-12-28(35)36)38-19-4-3-14-33-15-17-34(18-16-33)26-7-5-6-25(31)30(26)32/h5-7,9,11,20H,1,3-4,8,10,12-19,21H2,2H3. The van der Waals surface area contributed by atoms with Gasteiger partial charge in [-0.3, -0.25) is 19.4 Å². The number of fused-ring (bicyclic) bond motifs is 1. The van der Waals surface area contributed by atoms with E-state index in [0.29, 0.717) is 41.7 Å². The molecule has 1 saturated heterocycles. The highest BCUT2D eigenvalue weighted by Gasteiger charge is 2.26. The lowest BCUT2D eigenvalue weighted by Crippen LogP contribution is -2.46. The Balaban J connectivity index is 1.20. The molecule has 2 aromatic rings. The van der Waals surface area contributed by atoms with E-state index >= 15 is 0 Å². The Bertz CT molecular complexity index is 1180. The van der Waals surface area contributed by atoms with Crippen LogP contribution in [0.3, 0.4) is 0 Å². The van der Waals surface area contributed by atoms with E-state index in [9.17, 15) is 9.59 Å². The molecular weight excluding hydrogens is 537 g/mol. The number of nitrogens with zero attached hydrogens (tertiary/aromatic N) is 3. The first kappa shape index (κ1) is 29.2. The van der Waals surface area contributed by atoms with Gasteiger partial charge in [0.2, 0.25) is 5.91 Å². The minimum atomic E-state index is -0.333. The van der Waals surface area contributed by atoms with Crippen LogP contribution in [0.15, 0.2) is 48.6 Å². The summed E-state index contributed by atoms with van der Waals surface area (Å²) in [6.07, 6.45) is 3.88. The molecule has 0 aliphatic carbocycles. The molecule has 0 spiro atoms. The number of piperazine rings is 1. The van der Waals surface area contributed by atoms with Gasteiger partial charge in [0.05, 0.1) is 28.0 Å². The first-order valence-corrected chi connectivity index (χ1v) is 14.3. The molecule has 1 amide bonds. The molecule has 7 nitrogen and oxygen atoms in total. The largest absolute Gasteiger partial charge is 0.494 e. The molecule has 2 aromatic carbocycles. The van der Waals surface area contributed by atoms with E-state index in [1.54, 1.807) is 4.90 Å². The highest BCUT2D eigenvalue weighted by molar-refractivity contribution is 6.43. The Hall–Kier alpha value is -2.74. The lowest BCUT2D eigenvalue weighted by molar-refractivity contribution is -0.144. The van der Waals surface area contributed by atoms with Crippen molar-refractivity contribution in [1.29, 1.82) is 0 Å². The lowest BCUT2D eigenvalue weighted by atomic mass is 10.0. The molecule has 9 heteroatoms. The molecule has 0 atom stereocenters. The minimum absolute atomic E-state index is 0.0509. The molecule has 39 heavy (non-hydrogen) atoms. The number of carbonyl (C=O) groups is 2. The van der Waals surface area contributed by atoms with E-state index in [4.69, 9.17) is 32.7 Å². The lowest BCUT2D eigenvalue weighted by Gasteiger charge is -2.36. The van der Waals surface area contributed by atoms with Gasteiger partial charge in [0.25, 0.3) is 0 Å². The fourth-order valence-electron chi connectivity index (χ4n) is 4.85. The summed E-state index contributed by atoms with van der Waals surface area (Å²) in [6.45, 7) is 11.0. The molecule has 4 rings (SSSR count). The third kappa shape index (κ3) is 8.13. The molecule has 0 radical (unpaired) electrons. The van der Waals surface area contributed by atoms with Crippen molar-refractivity contribution in [1.82, 2.24) is 4.90 Å². The zero-order valence-corrected chi connectivity index (χ0v) is 24.1. The maximum Gasteiger partial charge on any atom is 0.307 e. The van der Waals surface area contributed by atoms with Crippen molar-refractivity contribution in [3.63, 3.8) is 0 Å². The van der Waals surface area contributed by atoms with E-state index in [0.717, 1.165) is 68.1 Å². The molecule has 0 saturated carbocycles. The predicted octanol–water partition coefficient (Wildman–Crippen LogP) is 6.11. The third-order valence-electron chi connectivity index (χ3n) is 7.15. The summed E-state index contributed by atoms with van der Waals surface area (Å²) in [5.74, 6) is 0.333. The van der Waals surface area contributed by atoms with Crippen LogP contribution in [-0.4, -0.2) is 62.8 Å². The number of aryl methyl sites for hydroxylation is 1. The van der Waals surface area contributed by atoms with Gasteiger partial charge < -0.3 is 14.4 Å². The topological polar surface area (TPSA) is 62.3 Å². The summed E-state index contributed by atoms with van der Waals surface area (Å²) in [5.41, 5.74) is 3.74. The Kier molecular flexibility index (Phi) is 10.5. The second-order valence-corrected chi connectivity index (χ2v) is 11.0. The fourth-order valence-corrected chi connectivity index (χ4v) is 5.26. The van der Waals surface area contributed by atoms with Gasteiger partial charge in [0.1, 0.15) is 5.75 Å². The van der Waals surface area contributed by atoms with Gasteiger partial charge in [-0.1, -0.05) is 40.9 Å². The molecule has 2 aliphatic rings. The monoisotopic (exact) mass is 573 g/mol. The van der Waals surface area contributed by atoms with Crippen LogP contribution < -0.4 is 14.5 Å². The molecule has 0 aromatic heterocycles. The number of allylic oxidation sites excluding steroid dienone is 1. The van der Waals surface area contributed by atoms with Crippen LogP contribution in [-0.2, 0) is 20.7 Å². The Morgan fingerprint density at radius 1 is 1.00 bits per heavy atom. The molecule has 0 N–H and O–H groups in total. The van der Waals surface area contributed by atoms with Crippen LogP contribution in [0.5, 0.6) is 5.75 Å². The van der Waals surface area contributed by atoms with Gasteiger partial charge in [0, 0.05) is 45.1 Å². The van der Waals surface area contributed by atoms with Gasteiger partial charge >= 0.3 is 5.97 Å². The van der Waals surface area contributed by atoms with E-state index in [2.05, 4.69) is 16.4 Å². The number of ether oxygens (including phenoxy) is 2. The number of rotatable bonds is 12. The van der Waals surface area contributed by atoms with E-state index in [1.807, 2.05) is 43.3 Å². The molecular formula is C30H37Cl2N3O4. The van der Waals surface area contributed by atoms with Crippen molar-refractivity contribution in [2.45, 2.75) is 45.4 Å². The van der Waals surface area contributed by atoms with Crippen LogP contribution in [0.25, 0.3) is 0 Å². The van der Waals surface area contributed by atoms with E-state index in [-0.39, 0.29) is 25.0 Å². The average molecular weight is 575 g/mol. The van der Waals surface area contributed by atoms with Crippen molar-refractivity contribution in [2.24, 2.45) is 0 Å². The second kappa shape index (κ2) is 14.1. The van der Waals surface area contributed by atoms with Crippen LogP contribution in [0.4, 0.5) is 11.4 Å². The number of carbonyl (C=O) groups excluding carboxylic acids is 2. The fraction of sp³-hybridized carbons (Fsp3) is 0.467. The molecule has 0 unspecified atom stereocenters. The van der Waals surface area contributed by atoms with Crippen molar-refractivity contribution in [2.75, 3.05) is 55.9 Å². The summed E-state index contributed by atoms with van der Waals surface area (Å²) in [5, 5.41) is 1.21. The number of benzene rings is 2. The summed E-state index contributed by atoms with van der Waals surface area (Å²) >= 11 is 12.6. The van der Waals surface area contributed by atoms with Crippen LogP contribution in [0, 0.1) is 0 Å². The average Bonchev–Trinajstić information content (AvgIpc) is 2.93. The van der Waals surface area contributed by atoms with Gasteiger partial charge in [-0.25, -0.2) is 0 Å². The molecule has 2 heterocycles. The maximum atomic E-state index is 12.6. The summed E-state index contributed by atoms with van der Waals surface area (Å²) in [4.78, 5) is 30.9. The Morgan fingerprint density at radius 2 is 1.79 bits per heavy atom. The smallest absolute Gasteiger partial charge is 0.307 e. The van der Waals surface area contributed by atoms with Crippen molar-refractivity contribution < 1.29 is 19.1 Å². The quantitative estimate of drug-likeness (QED) is 0.173. The van der Waals surface area contributed by atoms with E-state index in [1.165, 1.54) is 0 Å². The van der Waals surface area contributed by atoms with Crippen molar-refractivity contribution >= 4 is 46.5 Å². The van der Waals surface area contributed by atoms with Gasteiger partial charge in [-0.2, -0.15) is 0 Å².